The molecule has 0 radical (unpaired) electrons. The molecule has 3 rings (SSSR count). The Hall–Kier alpha value is -2.49. The molecule has 0 atom stereocenters. The zero-order valence-electron chi connectivity index (χ0n) is 9.87. The number of benzene rings is 1. The topological polar surface area (TPSA) is 47.3 Å². The lowest BCUT2D eigenvalue weighted by Crippen LogP contribution is -1.96. The molecule has 0 saturated heterocycles. The first-order chi connectivity index (χ1) is 8.74. The third-order valence-corrected chi connectivity index (χ3v) is 2.77. The molecule has 1 aromatic carbocycles. The van der Waals surface area contributed by atoms with Gasteiger partial charge in [0.15, 0.2) is 17.3 Å². The maximum Gasteiger partial charge on any atom is 0.182 e. The number of pyridine rings is 1. The summed E-state index contributed by atoms with van der Waals surface area (Å²) in [5, 5.41) is 4.38. The van der Waals surface area contributed by atoms with Crippen LogP contribution in [0.2, 0.25) is 0 Å². The van der Waals surface area contributed by atoms with Gasteiger partial charge in [-0.2, -0.15) is 0 Å². The third-order valence-electron chi connectivity index (χ3n) is 2.77. The second-order valence-electron chi connectivity index (χ2n) is 4.08. The number of nitrogens with zero attached hydrogens (tertiary/aromatic N) is 3. The maximum atomic E-state index is 11.3. The molecule has 2 aromatic heterocycles. The molecule has 0 spiro atoms. The summed E-state index contributed by atoms with van der Waals surface area (Å²) in [6.07, 6.45) is 1.71. The molecule has 0 aliphatic rings. The largest absolute Gasteiger partial charge is 0.294 e. The van der Waals surface area contributed by atoms with Crippen molar-refractivity contribution < 1.29 is 4.79 Å². The number of carbonyl (C=O) groups is 1. The van der Waals surface area contributed by atoms with Gasteiger partial charge in [0.25, 0.3) is 0 Å². The number of hydrogen-bond acceptors (Lipinski definition) is 3. The highest BCUT2D eigenvalue weighted by molar-refractivity contribution is 5.94. The number of hydrogen-bond donors (Lipinski definition) is 0. The van der Waals surface area contributed by atoms with E-state index in [1.54, 1.807) is 22.8 Å². The first-order valence-electron chi connectivity index (χ1n) is 5.67. The van der Waals surface area contributed by atoms with Gasteiger partial charge in [0.2, 0.25) is 0 Å². The van der Waals surface area contributed by atoms with Crippen LogP contribution in [0, 0.1) is 0 Å². The number of aromatic nitrogens is 3. The fourth-order valence-electron chi connectivity index (χ4n) is 1.80. The Bertz CT molecular complexity index is 716. The molecular weight excluding hydrogens is 226 g/mol. The number of fused-ring (bicyclic) bond motifs is 1. The van der Waals surface area contributed by atoms with Crippen molar-refractivity contribution in [3.05, 3.63) is 54.2 Å². The van der Waals surface area contributed by atoms with Crippen molar-refractivity contribution in [1.82, 2.24) is 14.6 Å². The molecule has 88 valence electrons. The van der Waals surface area contributed by atoms with Gasteiger partial charge in [-0.05, 0) is 19.1 Å². The van der Waals surface area contributed by atoms with Gasteiger partial charge in [0, 0.05) is 17.3 Å². The van der Waals surface area contributed by atoms with Gasteiger partial charge in [0.05, 0.1) is 0 Å². The van der Waals surface area contributed by atoms with E-state index in [4.69, 9.17) is 0 Å². The Kier molecular flexibility index (Phi) is 2.41. The second kappa shape index (κ2) is 4.07. The van der Waals surface area contributed by atoms with Gasteiger partial charge in [0.1, 0.15) is 0 Å². The van der Waals surface area contributed by atoms with Crippen LogP contribution in [0.4, 0.5) is 0 Å². The standard InChI is InChI=1S/C14H11N3O/c1-10(18)12-7-8-13-15-14(16-17(13)9-12)11-5-3-2-4-6-11/h2-9H,1H3. The smallest absolute Gasteiger partial charge is 0.182 e. The van der Waals surface area contributed by atoms with Gasteiger partial charge in [-0.15, -0.1) is 5.10 Å². The van der Waals surface area contributed by atoms with Crippen molar-refractivity contribution in [1.29, 1.82) is 0 Å². The van der Waals surface area contributed by atoms with Crippen LogP contribution in [0.25, 0.3) is 17.0 Å². The van der Waals surface area contributed by atoms with Crippen molar-refractivity contribution in [2.24, 2.45) is 0 Å². The molecule has 0 aliphatic heterocycles. The number of Topliss-reactive ketones (excluding diaryl/α,β-unsaturated/α-hetero) is 1. The number of carbonyl (C=O) groups excluding carboxylic acids is 1. The normalized spacial score (nSPS) is 10.7. The summed E-state index contributed by atoms with van der Waals surface area (Å²) in [7, 11) is 0. The average Bonchev–Trinajstić information content (AvgIpc) is 2.82. The fraction of sp³-hybridized carbons (Fsp3) is 0.0714. The first kappa shape index (κ1) is 10.7. The second-order valence-corrected chi connectivity index (χ2v) is 4.08. The van der Waals surface area contributed by atoms with E-state index in [2.05, 4.69) is 10.1 Å². The monoisotopic (exact) mass is 237 g/mol. The van der Waals surface area contributed by atoms with E-state index in [-0.39, 0.29) is 5.78 Å². The number of rotatable bonds is 2. The lowest BCUT2D eigenvalue weighted by Gasteiger charge is -1.95. The van der Waals surface area contributed by atoms with Gasteiger partial charge in [-0.1, -0.05) is 30.3 Å². The summed E-state index contributed by atoms with van der Waals surface area (Å²) in [6, 6.07) is 13.3. The highest BCUT2D eigenvalue weighted by atomic mass is 16.1. The average molecular weight is 237 g/mol. The predicted octanol–water partition coefficient (Wildman–Crippen LogP) is 2.60. The fourth-order valence-corrected chi connectivity index (χ4v) is 1.80. The van der Waals surface area contributed by atoms with E-state index in [1.165, 1.54) is 6.92 Å². The van der Waals surface area contributed by atoms with E-state index in [0.29, 0.717) is 11.4 Å². The first-order valence-corrected chi connectivity index (χ1v) is 5.67. The van der Waals surface area contributed by atoms with Crippen LogP contribution in [0.3, 0.4) is 0 Å². The van der Waals surface area contributed by atoms with Crippen LogP contribution in [0.1, 0.15) is 17.3 Å². The van der Waals surface area contributed by atoms with Crippen molar-refractivity contribution >= 4 is 11.4 Å². The molecule has 0 amide bonds. The Labute approximate surface area is 104 Å². The predicted molar refractivity (Wildman–Crippen MR) is 68.4 cm³/mol. The van der Waals surface area contributed by atoms with E-state index in [1.807, 2.05) is 30.3 Å². The molecular formula is C14H11N3O. The van der Waals surface area contributed by atoms with Crippen molar-refractivity contribution in [3.8, 4) is 11.4 Å². The Morgan fingerprint density at radius 3 is 2.61 bits per heavy atom. The minimum atomic E-state index is 0.0219. The molecule has 18 heavy (non-hydrogen) atoms. The molecule has 0 N–H and O–H groups in total. The molecule has 4 nitrogen and oxygen atoms in total. The summed E-state index contributed by atoms with van der Waals surface area (Å²) < 4.78 is 1.64. The van der Waals surface area contributed by atoms with Crippen molar-refractivity contribution in [3.63, 3.8) is 0 Å². The van der Waals surface area contributed by atoms with Crippen molar-refractivity contribution in [2.45, 2.75) is 6.92 Å². The Balaban J connectivity index is 2.14. The maximum absolute atomic E-state index is 11.3. The van der Waals surface area contributed by atoms with Gasteiger partial charge >= 0.3 is 0 Å². The Morgan fingerprint density at radius 2 is 1.89 bits per heavy atom. The van der Waals surface area contributed by atoms with Gasteiger partial charge < -0.3 is 0 Å². The lowest BCUT2D eigenvalue weighted by molar-refractivity contribution is 0.101. The molecule has 0 bridgehead atoms. The van der Waals surface area contributed by atoms with E-state index in [0.717, 1.165) is 11.2 Å². The molecule has 0 saturated carbocycles. The molecule has 0 unspecified atom stereocenters. The van der Waals surface area contributed by atoms with Crippen LogP contribution in [0.5, 0.6) is 0 Å². The van der Waals surface area contributed by atoms with Gasteiger partial charge in [-0.3, -0.25) is 4.79 Å². The molecule has 3 aromatic rings. The molecule has 4 heteroatoms. The minimum Gasteiger partial charge on any atom is -0.294 e. The highest BCUT2D eigenvalue weighted by Gasteiger charge is 2.07. The van der Waals surface area contributed by atoms with Crippen LogP contribution >= 0.6 is 0 Å². The highest BCUT2D eigenvalue weighted by Crippen LogP contribution is 2.16. The summed E-state index contributed by atoms with van der Waals surface area (Å²) in [6.45, 7) is 1.54. The zero-order chi connectivity index (χ0) is 12.5. The van der Waals surface area contributed by atoms with Crippen LogP contribution in [-0.2, 0) is 0 Å². The summed E-state index contributed by atoms with van der Waals surface area (Å²) in [5.41, 5.74) is 2.33. The Morgan fingerprint density at radius 1 is 1.11 bits per heavy atom. The van der Waals surface area contributed by atoms with Crippen molar-refractivity contribution in [2.75, 3.05) is 0 Å². The van der Waals surface area contributed by atoms with Crippen LogP contribution in [0.15, 0.2) is 48.7 Å². The minimum absolute atomic E-state index is 0.0219. The molecule has 0 fully saturated rings. The number of ketones is 1. The van der Waals surface area contributed by atoms with Crippen LogP contribution < -0.4 is 0 Å². The summed E-state index contributed by atoms with van der Waals surface area (Å²) in [5.74, 6) is 0.685. The van der Waals surface area contributed by atoms with Crippen LogP contribution in [-0.4, -0.2) is 20.4 Å². The molecule has 2 heterocycles. The SMILES string of the molecule is CC(=O)c1ccc2nc(-c3ccccc3)nn2c1. The summed E-state index contributed by atoms with van der Waals surface area (Å²) >= 11 is 0. The third kappa shape index (κ3) is 1.78. The zero-order valence-corrected chi connectivity index (χ0v) is 9.87. The lowest BCUT2D eigenvalue weighted by atomic mass is 10.2. The van der Waals surface area contributed by atoms with E-state index in [9.17, 15) is 4.79 Å². The quantitative estimate of drug-likeness (QED) is 0.643. The summed E-state index contributed by atoms with van der Waals surface area (Å²) in [4.78, 5) is 15.7. The molecule has 0 aliphatic carbocycles. The van der Waals surface area contributed by atoms with E-state index >= 15 is 0 Å². The van der Waals surface area contributed by atoms with Gasteiger partial charge in [-0.25, -0.2) is 9.50 Å². The van der Waals surface area contributed by atoms with E-state index < -0.39 is 0 Å².